The predicted octanol–water partition coefficient (Wildman–Crippen LogP) is 1.91. The molecule has 0 aliphatic carbocycles. The van der Waals surface area contributed by atoms with E-state index in [-0.39, 0.29) is 17.9 Å². The number of esters is 1. The van der Waals surface area contributed by atoms with Crippen LogP contribution in [0.2, 0.25) is 0 Å². The summed E-state index contributed by atoms with van der Waals surface area (Å²) in [7, 11) is 0. The quantitative estimate of drug-likeness (QED) is 0.558. The number of carboxylic acid groups (broad SMARTS) is 1. The monoisotopic (exact) mass is 344 g/mol. The van der Waals surface area contributed by atoms with Crippen molar-refractivity contribution < 1.29 is 39.1 Å². The molecule has 2 aliphatic rings. The molecule has 8 nitrogen and oxygen atoms in total. The maximum atomic E-state index is 12.3. The Hall–Kier alpha value is -3.42. The van der Waals surface area contributed by atoms with Gasteiger partial charge in [0, 0.05) is 0 Å². The predicted molar refractivity (Wildman–Crippen MR) is 80.9 cm³/mol. The molecular weight excluding hydrogens is 332 g/mol. The average Bonchev–Trinajstić information content (AvgIpc) is 3.03. The SMILES string of the molecule is O=C1O[C@H](c2ccc3c(c2)OCO3)[C@@H](C(=O)O)c2cc(O)c(O)cc21. The molecule has 2 aliphatic heterocycles. The van der Waals surface area contributed by atoms with Gasteiger partial charge in [0.15, 0.2) is 23.0 Å². The molecule has 2 atom stereocenters. The lowest BCUT2D eigenvalue weighted by Crippen LogP contribution is -2.31. The molecule has 0 aromatic heterocycles. The minimum Gasteiger partial charge on any atom is -0.504 e. The second-order valence-corrected chi connectivity index (χ2v) is 5.68. The van der Waals surface area contributed by atoms with E-state index in [1.165, 1.54) is 0 Å². The van der Waals surface area contributed by atoms with Gasteiger partial charge in [0.25, 0.3) is 0 Å². The van der Waals surface area contributed by atoms with E-state index in [0.717, 1.165) is 12.1 Å². The van der Waals surface area contributed by atoms with Crippen LogP contribution in [0.5, 0.6) is 23.0 Å². The number of aliphatic carboxylic acids is 1. The summed E-state index contributed by atoms with van der Waals surface area (Å²) in [5, 5.41) is 28.9. The first-order chi connectivity index (χ1) is 12.0. The van der Waals surface area contributed by atoms with Crippen LogP contribution in [0.4, 0.5) is 0 Å². The number of phenols is 2. The van der Waals surface area contributed by atoms with Gasteiger partial charge >= 0.3 is 11.9 Å². The van der Waals surface area contributed by atoms with Gasteiger partial charge in [0.1, 0.15) is 12.0 Å². The molecule has 3 N–H and O–H groups in total. The van der Waals surface area contributed by atoms with Crippen molar-refractivity contribution in [2.45, 2.75) is 12.0 Å². The normalized spacial score (nSPS) is 20.7. The number of hydrogen-bond donors (Lipinski definition) is 3. The van der Waals surface area contributed by atoms with Gasteiger partial charge in [0.05, 0.1) is 5.56 Å². The van der Waals surface area contributed by atoms with E-state index in [0.29, 0.717) is 17.1 Å². The zero-order valence-electron chi connectivity index (χ0n) is 12.6. The van der Waals surface area contributed by atoms with E-state index in [4.69, 9.17) is 14.2 Å². The summed E-state index contributed by atoms with van der Waals surface area (Å²) in [4.78, 5) is 24.1. The summed E-state index contributed by atoms with van der Waals surface area (Å²) in [6, 6.07) is 6.82. The molecule has 0 saturated carbocycles. The van der Waals surface area contributed by atoms with Crippen LogP contribution in [0.25, 0.3) is 0 Å². The van der Waals surface area contributed by atoms with Gasteiger partial charge in [-0.3, -0.25) is 4.79 Å². The van der Waals surface area contributed by atoms with E-state index in [1.54, 1.807) is 18.2 Å². The highest BCUT2D eigenvalue weighted by Crippen LogP contribution is 2.46. The first-order valence-corrected chi connectivity index (χ1v) is 7.35. The summed E-state index contributed by atoms with van der Waals surface area (Å²) < 4.78 is 15.8. The standard InChI is InChI=1S/C17H12O8/c18-10-4-8-9(5-11(10)19)17(22)25-15(14(8)16(20)21)7-1-2-12-13(3-7)24-6-23-12/h1-5,14-15,18-19H,6H2,(H,20,21)/t14-,15+/m0/s1. The van der Waals surface area contributed by atoms with E-state index < -0.39 is 35.5 Å². The highest BCUT2D eigenvalue weighted by molar-refractivity contribution is 5.97. The summed E-state index contributed by atoms with van der Waals surface area (Å²) in [6.45, 7) is 0.0571. The van der Waals surface area contributed by atoms with Gasteiger partial charge in [-0.05, 0) is 35.4 Å². The molecule has 25 heavy (non-hydrogen) atoms. The van der Waals surface area contributed by atoms with Crippen LogP contribution in [0.3, 0.4) is 0 Å². The number of cyclic esters (lactones) is 1. The van der Waals surface area contributed by atoms with Crippen molar-refractivity contribution in [1.82, 2.24) is 0 Å². The highest BCUT2D eigenvalue weighted by Gasteiger charge is 2.42. The topological polar surface area (TPSA) is 123 Å². The maximum Gasteiger partial charge on any atom is 0.339 e. The van der Waals surface area contributed by atoms with E-state index in [1.807, 2.05) is 0 Å². The third-order valence-corrected chi connectivity index (χ3v) is 4.23. The molecule has 2 aromatic carbocycles. The van der Waals surface area contributed by atoms with E-state index >= 15 is 0 Å². The third-order valence-electron chi connectivity index (χ3n) is 4.23. The fourth-order valence-corrected chi connectivity index (χ4v) is 3.05. The van der Waals surface area contributed by atoms with Gasteiger partial charge in [-0.15, -0.1) is 0 Å². The average molecular weight is 344 g/mol. The molecule has 4 rings (SSSR count). The Morgan fingerprint density at radius 2 is 1.76 bits per heavy atom. The number of phenolic OH excluding ortho intramolecular Hbond substituents is 2. The summed E-state index contributed by atoms with van der Waals surface area (Å²) in [5.41, 5.74) is 0.393. The maximum absolute atomic E-state index is 12.3. The molecule has 0 spiro atoms. The lowest BCUT2D eigenvalue weighted by atomic mass is 9.83. The van der Waals surface area contributed by atoms with Crippen molar-refractivity contribution in [3.63, 3.8) is 0 Å². The first kappa shape index (κ1) is 15.1. The molecule has 0 bridgehead atoms. The number of carbonyl (C=O) groups excluding carboxylic acids is 1. The summed E-state index contributed by atoms with van der Waals surface area (Å²) in [6.07, 6.45) is -1.11. The second-order valence-electron chi connectivity index (χ2n) is 5.68. The molecule has 0 saturated heterocycles. The Bertz CT molecular complexity index is 904. The summed E-state index contributed by atoms with van der Waals surface area (Å²) in [5.74, 6) is -3.37. The lowest BCUT2D eigenvalue weighted by molar-refractivity contribution is -0.142. The van der Waals surface area contributed by atoms with Crippen molar-refractivity contribution in [2.24, 2.45) is 0 Å². The molecule has 0 amide bonds. The Balaban J connectivity index is 1.84. The molecule has 8 heteroatoms. The van der Waals surface area contributed by atoms with Gasteiger partial charge in [-0.1, -0.05) is 6.07 Å². The summed E-state index contributed by atoms with van der Waals surface area (Å²) >= 11 is 0. The Labute approximate surface area is 140 Å². The lowest BCUT2D eigenvalue weighted by Gasteiger charge is -2.31. The Morgan fingerprint density at radius 3 is 2.52 bits per heavy atom. The zero-order chi connectivity index (χ0) is 17.7. The highest BCUT2D eigenvalue weighted by atomic mass is 16.7. The minimum atomic E-state index is -1.25. The van der Waals surface area contributed by atoms with Crippen molar-refractivity contribution in [2.75, 3.05) is 6.79 Å². The van der Waals surface area contributed by atoms with Gasteiger partial charge < -0.3 is 29.5 Å². The van der Waals surface area contributed by atoms with Crippen LogP contribution < -0.4 is 9.47 Å². The van der Waals surface area contributed by atoms with Crippen LogP contribution in [-0.4, -0.2) is 34.1 Å². The molecule has 0 unspecified atom stereocenters. The number of benzene rings is 2. The molecule has 2 heterocycles. The largest absolute Gasteiger partial charge is 0.504 e. The fourth-order valence-electron chi connectivity index (χ4n) is 3.05. The van der Waals surface area contributed by atoms with Crippen LogP contribution in [0, 0.1) is 0 Å². The first-order valence-electron chi connectivity index (χ1n) is 7.35. The van der Waals surface area contributed by atoms with Crippen molar-refractivity contribution >= 4 is 11.9 Å². The van der Waals surface area contributed by atoms with E-state index in [9.17, 15) is 24.9 Å². The third kappa shape index (κ3) is 2.30. The van der Waals surface area contributed by atoms with Crippen LogP contribution in [-0.2, 0) is 9.53 Å². The van der Waals surface area contributed by atoms with Crippen LogP contribution in [0.15, 0.2) is 30.3 Å². The van der Waals surface area contributed by atoms with Gasteiger partial charge in [0.2, 0.25) is 6.79 Å². The fraction of sp³-hybridized carbons (Fsp3) is 0.176. The number of rotatable bonds is 2. The van der Waals surface area contributed by atoms with Crippen molar-refractivity contribution in [3.05, 3.63) is 47.0 Å². The zero-order valence-corrected chi connectivity index (χ0v) is 12.6. The minimum absolute atomic E-state index is 0.0571. The molecule has 0 radical (unpaired) electrons. The van der Waals surface area contributed by atoms with E-state index in [2.05, 4.69) is 0 Å². The van der Waals surface area contributed by atoms with Crippen LogP contribution in [0.1, 0.15) is 33.5 Å². The Morgan fingerprint density at radius 1 is 1.04 bits per heavy atom. The second kappa shape index (κ2) is 5.30. The Kier molecular flexibility index (Phi) is 3.21. The number of ether oxygens (including phenoxy) is 3. The molecule has 0 fully saturated rings. The number of carboxylic acids is 1. The number of fused-ring (bicyclic) bond motifs is 2. The number of hydrogen-bond acceptors (Lipinski definition) is 7. The number of aromatic hydroxyl groups is 2. The van der Waals surface area contributed by atoms with Crippen molar-refractivity contribution in [3.8, 4) is 23.0 Å². The number of carbonyl (C=O) groups is 2. The molecular formula is C17H12O8. The molecule has 2 aromatic rings. The van der Waals surface area contributed by atoms with Crippen molar-refractivity contribution in [1.29, 1.82) is 0 Å². The molecule has 128 valence electrons. The van der Waals surface area contributed by atoms with Crippen LogP contribution >= 0.6 is 0 Å². The van der Waals surface area contributed by atoms with Gasteiger partial charge in [-0.25, -0.2) is 4.79 Å². The van der Waals surface area contributed by atoms with Gasteiger partial charge in [-0.2, -0.15) is 0 Å². The smallest absolute Gasteiger partial charge is 0.339 e.